The lowest BCUT2D eigenvalue weighted by atomic mass is 10.0. The van der Waals surface area contributed by atoms with Gasteiger partial charge in [-0.2, -0.15) is 4.98 Å². The largest absolute Gasteiger partial charge is 0.378 e. The number of nitrogens with zero attached hydrogens (tertiary/aromatic N) is 3. The fourth-order valence-electron chi connectivity index (χ4n) is 4.39. The standard InChI is InChI=1S/C28H32N4O7S/c1-2-23(25(34)28-30-26(31-39-28)21-11-7-4-8-12-21)29-27(35)22(17-24(33)32-13-15-38-16-14-32)19-40(36,37)18-20-9-5-3-6-10-20/h3-12,22-23H,2,13-19H2,1H3,(H,29,35)/t22?,23-/m0/s1. The summed E-state index contributed by atoms with van der Waals surface area (Å²) in [5.74, 6) is -3.72. The van der Waals surface area contributed by atoms with E-state index in [1.54, 1.807) is 66.4 Å². The summed E-state index contributed by atoms with van der Waals surface area (Å²) in [5, 5.41) is 6.49. The Labute approximate surface area is 232 Å². The number of hydrogen-bond acceptors (Lipinski definition) is 9. The van der Waals surface area contributed by atoms with Crippen molar-refractivity contribution in [3.05, 3.63) is 72.1 Å². The number of aromatic nitrogens is 2. The Morgan fingerprint density at radius 2 is 1.65 bits per heavy atom. The molecule has 2 atom stereocenters. The molecule has 1 aliphatic heterocycles. The Kier molecular flexibility index (Phi) is 9.78. The first kappa shape index (κ1) is 29.1. The molecule has 1 N–H and O–H groups in total. The van der Waals surface area contributed by atoms with Gasteiger partial charge in [-0.1, -0.05) is 72.7 Å². The molecule has 1 saturated heterocycles. The number of morpholine rings is 1. The van der Waals surface area contributed by atoms with Crippen molar-refractivity contribution < 1.29 is 32.1 Å². The smallest absolute Gasteiger partial charge is 0.296 e. The third-order valence-electron chi connectivity index (χ3n) is 6.55. The summed E-state index contributed by atoms with van der Waals surface area (Å²) in [5.41, 5.74) is 1.24. The minimum atomic E-state index is -3.78. The third kappa shape index (κ3) is 7.82. The summed E-state index contributed by atoms with van der Waals surface area (Å²) in [6.45, 7) is 3.16. The summed E-state index contributed by atoms with van der Waals surface area (Å²) in [7, 11) is -3.78. The third-order valence-corrected chi connectivity index (χ3v) is 8.23. The topological polar surface area (TPSA) is 149 Å². The minimum Gasteiger partial charge on any atom is -0.378 e. The molecule has 1 aliphatic rings. The highest BCUT2D eigenvalue weighted by molar-refractivity contribution is 7.90. The quantitative estimate of drug-likeness (QED) is 0.325. The van der Waals surface area contributed by atoms with Crippen molar-refractivity contribution in [1.82, 2.24) is 20.4 Å². The highest BCUT2D eigenvalue weighted by atomic mass is 32.2. The molecule has 11 nitrogen and oxygen atoms in total. The summed E-state index contributed by atoms with van der Waals surface area (Å²) < 4.78 is 36.6. The van der Waals surface area contributed by atoms with Crippen LogP contribution in [0.1, 0.15) is 36.0 Å². The Bertz CT molecular complexity index is 1400. The second-order valence-electron chi connectivity index (χ2n) is 9.56. The lowest BCUT2D eigenvalue weighted by molar-refractivity contribution is -0.139. The average Bonchev–Trinajstić information content (AvgIpc) is 3.47. The number of ether oxygens (including phenoxy) is 1. The number of sulfone groups is 1. The van der Waals surface area contributed by atoms with Crippen LogP contribution in [0, 0.1) is 5.92 Å². The van der Waals surface area contributed by atoms with E-state index in [9.17, 15) is 22.8 Å². The number of carbonyl (C=O) groups excluding carboxylic acids is 3. The summed E-state index contributed by atoms with van der Waals surface area (Å²) >= 11 is 0. The van der Waals surface area contributed by atoms with Crippen molar-refractivity contribution in [3.8, 4) is 11.4 Å². The molecule has 2 aromatic carbocycles. The van der Waals surface area contributed by atoms with Gasteiger partial charge >= 0.3 is 0 Å². The molecule has 1 fully saturated rings. The zero-order valence-corrected chi connectivity index (χ0v) is 23.0. The number of hydrogen-bond donors (Lipinski definition) is 1. The van der Waals surface area contributed by atoms with Gasteiger partial charge in [-0.25, -0.2) is 8.42 Å². The van der Waals surface area contributed by atoms with Crippen molar-refractivity contribution in [2.75, 3.05) is 32.1 Å². The number of nitrogens with one attached hydrogen (secondary N) is 1. The van der Waals surface area contributed by atoms with Gasteiger partial charge in [0.05, 0.1) is 36.7 Å². The maximum Gasteiger partial charge on any atom is 0.296 e. The molecule has 0 radical (unpaired) electrons. The first-order chi connectivity index (χ1) is 19.3. The molecule has 1 unspecified atom stereocenters. The van der Waals surface area contributed by atoms with Crippen LogP contribution >= 0.6 is 0 Å². The van der Waals surface area contributed by atoms with Gasteiger partial charge in [0.25, 0.3) is 5.89 Å². The van der Waals surface area contributed by atoms with Gasteiger partial charge in [-0.05, 0) is 12.0 Å². The second kappa shape index (κ2) is 13.4. The van der Waals surface area contributed by atoms with Gasteiger partial charge in [0.1, 0.15) is 0 Å². The molecule has 0 bridgehead atoms. The van der Waals surface area contributed by atoms with Crippen molar-refractivity contribution >= 4 is 27.4 Å². The molecular weight excluding hydrogens is 536 g/mol. The van der Waals surface area contributed by atoms with E-state index in [1.165, 1.54) is 0 Å². The zero-order chi connectivity index (χ0) is 28.5. The zero-order valence-electron chi connectivity index (χ0n) is 22.2. The van der Waals surface area contributed by atoms with Crippen LogP contribution in [0.15, 0.2) is 65.2 Å². The molecule has 0 saturated carbocycles. The molecule has 2 heterocycles. The molecule has 2 amide bonds. The number of rotatable bonds is 12. The first-order valence-electron chi connectivity index (χ1n) is 13.1. The van der Waals surface area contributed by atoms with Crippen molar-refractivity contribution in [1.29, 1.82) is 0 Å². The van der Waals surface area contributed by atoms with Crippen LogP contribution in [0.5, 0.6) is 0 Å². The molecule has 1 aromatic heterocycles. The van der Waals surface area contributed by atoms with E-state index in [0.29, 0.717) is 37.4 Å². The van der Waals surface area contributed by atoms with E-state index in [0.717, 1.165) is 0 Å². The van der Waals surface area contributed by atoms with Crippen LogP contribution in [-0.2, 0) is 29.9 Å². The van der Waals surface area contributed by atoms with Crippen LogP contribution in [0.4, 0.5) is 0 Å². The molecule has 4 rings (SSSR count). The van der Waals surface area contributed by atoms with E-state index in [2.05, 4.69) is 15.5 Å². The summed E-state index contributed by atoms with van der Waals surface area (Å²) in [4.78, 5) is 45.3. The van der Waals surface area contributed by atoms with Crippen LogP contribution < -0.4 is 5.32 Å². The molecule has 40 heavy (non-hydrogen) atoms. The SMILES string of the molecule is CC[C@H](NC(=O)C(CC(=O)N1CCOCC1)CS(=O)(=O)Cc1ccccc1)C(=O)c1nc(-c2ccccc2)no1. The Hall–Kier alpha value is -3.90. The van der Waals surface area contributed by atoms with Gasteiger partial charge in [0.15, 0.2) is 9.84 Å². The van der Waals surface area contributed by atoms with E-state index in [-0.39, 0.29) is 36.2 Å². The number of carbonyl (C=O) groups is 3. The highest BCUT2D eigenvalue weighted by Crippen LogP contribution is 2.18. The van der Waals surface area contributed by atoms with E-state index < -0.39 is 39.2 Å². The molecule has 0 aliphatic carbocycles. The predicted molar refractivity (Wildman–Crippen MR) is 146 cm³/mol. The van der Waals surface area contributed by atoms with Crippen LogP contribution in [0.25, 0.3) is 11.4 Å². The molecule has 12 heteroatoms. The van der Waals surface area contributed by atoms with Gasteiger partial charge in [-0.15, -0.1) is 0 Å². The van der Waals surface area contributed by atoms with E-state index in [4.69, 9.17) is 9.26 Å². The van der Waals surface area contributed by atoms with Gasteiger partial charge in [0.2, 0.25) is 23.4 Å². The normalized spacial score (nSPS) is 15.3. The van der Waals surface area contributed by atoms with Crippen molar-refractivity contribution in [2.45, 2.75) is 31.6 Å². The maximum absolute atomic E-state index is 13.4. The monoisotopic (exact) mass is 568 g/mol. The Morgan fingerprint density at radius 1 is 1.00 bits per heavy atom. The number of benzene rings is 2. The molecule has 0 spiro atoms. The first-order valence-corrected chi connectivity index (χ1v) is 14.9. The van der Waals surface area contributed by atoms with Crippen molar-refractivity contribution in [3.63, 3.8) is 0 Å². The fourth-order valence-corrected chi connectivity index (χ4v) is 6.09. The number of amides is 2. The van der Waals surface area contributed by atoms with Crippen molar-refractivity contribution in [2.24, 2.45) is 5.92 Å². The second-order valence-corrected chi connectivity index (χ2v) is 11.7. The predicted octanol–water partition coefficient (Wildman–Crippen LogP) is 2.29. The lowest BCUT2D eigenvalue weighted by Crippen LogP contribution is -2.47. The number of ketones is 1. The lowest BCUT2D eigenvalue weighted by Gasteiger charge is -2.28. The van der Waals surface area contributed by atoms with Gasteiger partial charge in [0, 0.05) is 25.1 Å². The fraction of sp³-hybridized carbons (Fsp3) is 0.393. The Morgan fingerprint density at radius 3 is 2.30 bits per heavy atom. The van der Waals surface area contributed by atoms with Crippen LogP contribution in [-0.4, -0.2) is 79.2 Å². The Balaban J connectivity index is 1.49. The van der Waals surface area contributed by atoms with Crippen LogP contribution in [0.2, 0.25) is 0 Å². The van der Waals surface area contributed by atoms with Gasteiger partial charge in [-0.3, -0.25) is 14.4 Å². The van der Waals surface area contributed by atoms with Crippen LogP contribution in [0.3, 0.4) is 0 Å². The molecule has 3 aromatic rings. The maximum atomic E-state index is 13.4. The summed E-state index contributed by atoms with van der Waals surface area (Å²) in [6.07, 6.45) is -0.127. The van der Waals surface area contributed by atoms with E-state index >= 15 is 0 Å². The average molecular weight is 569 g/mol. The highest BCUT2D eigenvalue weighted by Gasteiger charge is 2.33. The van der Waals surface area contributed by atoms with Gasteiger partial charge < -0.3 is 19.5 Å². The van der Waals surface area contributed by atoms with E-state index in [1.807, 2.05) is 6.07 Å². The molecular formula is C28H32N4O7S. The summed E-state index contributed by atoms with van der Waals surface area (Å²) in [6, 6.07) is 16.5. The minimum absolute atomic E-state index is 0.189. The number of Topliss-reactive ketones (excluding diaryl/α,β-unsaturated/α-hetero) is 1. The molecule has 212 valence electrons.